The van der Waals surface area contributed by atoms with E-state index in [1.807, 2.05) is 30.3 Å². The molecule has 2 atom stereocenters. The van der Waals surface area contributed by atoms with Crippen molar-refractivity contribution in [3.8, 4) is 0 Å². The number of aliphatic hydroxyl groups excluding tert-OH is 1. The number of nitrogens with one attached hydrogen (secondary N) is 1. The Bertz CT molecular complexity index is 296. The first-order valence-electron chi connectivity index (χ1n) is 5.91. The van der Waals surface area contributed by atoms with E-state index < -0.39 is 6.10 Å². The summed E-state index contributed by atoms with van der Waals surface area (Å²) in [7, 11) is 0. The first-order valence-corrected chi connectivity index (χ1v) is 5.91. The van der Waals surface area contributed by atoms with Gasteiger partial charge in [-0.1, -0.05) is 30.3 Å². The fourth-order valence-electron chi connectivity index (χ4n) is 1.98. The van der Waals surface area contributed by atoms with Crippen LogP contribution in [0.5, 0.6) is 0 Å². The molecule has 2 rings (SSSR count). The minimum absolute atomic E-state index is 0.336. The number of hydrogen-bond donors (Lipinski definition) is 2. The number of aliphatic hydroxyl groups is 1. The molecule has 0 amide bonds. The Morgan fingerprint density at radius 2 is 2.19 bits per heavy atom. The Morgan fingerprint density at radius 1 is 1.38 bits per heavy atom. The van der Waals surface area contributed by atoms with Gasteiger partial charge in [-0.3, -0.25) is 0 Å². The molecule has 1 heterocycles. The lowest BCUT2D eigenvalue weighted by molar-refractivity contribution is 0.103. The van der Waals surface area contributed by atoms with Crippen molar-refractivity contribution in [2.45, 2.75) is 25.0 Å². The van der Waals surface area contributed by atoms with Gasteiger partial charge in [0.25, 0.3) is 0 Å². The molecule has 1 saturated heterocycles. The molecule has 0 radical (unpaired) electrons. The van der Waals surface area contributed by atoms with Crippen molar-refractivity contribution in [1.82, 2.24) is 5.32 Å². The van der Waals surface area contributed by atoms with Crippen LogP contribution in [0.1, 0.15) is 24.5 Å². The molecule has 16 heavy (non-hydrogen) atoms. The van der Waals surface area contributed by atoms with Crippen LogP contribution < -0.4 is 5.32 Å². The monoisotopic (exact) mass is 221 g/mol. The van der Waals surface area contributed by atoms with Gasteiger partial charge in [-0.2, -0.15) is 0 Å². The molecule has 1 aromatic rings. The highest BCUT2D eigenvalue weighted by molar-refractivity contribution is 5.17. The van der Waals surface area contributed by atoms with Gasteiger partial charge in [0.2, 0.25) is 0 Å². The third-order valence-electron chi connectivity index (χ3n) is 2.92. The fourth-order valence-corrected chi connectivity index (χ4v) is 1.98. The van der Waals surface area contributed by atoms with Crippen LogP contribution in [0, 0.1) is 0 Å². The topological polar surface area (TPSA) is 41.5 Å². The Hall–Kier alpha value is -0.900. The van der Waals surface area contributed by atoms with Crippen LogP contribution in [0.2, 0.25) is 0 Å². The van der Waals surface area contributed by atoms with E-state index in [0.717, 1.165) is 31.6 Å². The molecule has 3 heteroatoms. The molecule has 0 aliphatic carbocycles. The summed E-state index contributed by atoms with van der Waals surface area (Å²) in [6.45, 7) is 2.31. The molecule has 1 aliphatic heterocycles. The van der Waals surface area contributed by atoms with E-state index in [9.17, 15) is 5.11 Å². The van der Waals surface area contributed by atoms with Gasteiger partial charge >= 0.3 is 0 Å². The maximum atomic E-state index is 9.89. The van der Waals surface area contributed by atoms with Crippen LogP contribution in [0.4, 0.5) is 0 Å². The second kappa shape index (κ2) is 5.99. The van der Waals surface area contributed by atoms with E-state index >= 15 is 0 Å². The quantitative estimate of drug-likeness (QED) is 0.791. The van der Waals surface area contributed by atoms with Crippen molar-refractivity contribution >= 4 is 0 Å². The maximum absolute atomic E-state index is 9.89. The number of rotatable bonds is 5. The highest BCUT2D eigenvalue weighted by Crippen LogP contribution is 2.12. The van der Waals surface area contributed by atoms with Crippen LogP contribution in [0.15, 0.2) is 30.3 Å². The molecule has 1 aliphatic rings. The minimum atomic E-state index is -0.428. The van der Waals surface area contributed by atoms with Crippen molar-refractivity contribution in [2.75, 3.05) is 19.7 Å². The zero-order valence-electron chi connectivity index (χ0n) is 9.43. The highest BCUT2D eigenvalue weighted by atomic mass is 16.5. The summed E-state index contributed by atoms with van der Waals surface area (Å²) in [5, 5.41) is 13.1. The van der Waals surface area contributed by atoms with Crippen molar-refractivity contribution in [1.29, 1.82) is 0 Å². The lowest BCUT2D eigenvalue weighted by Crippen LogP contribution is -2.29. The van der Waals surface area contributed by atoms with E-state index in [1.54, 1.807) is 0 Å². The van der Waals surface area contributed by atoms with Crippen molar-refractivity contribution in [3.05, 3.63) is 35.9 Å². The number of hydrogen-bond acceptors (Lipinski definition) is 3. The van der Waals surface area contributed by atoms with Crippen molar-refractivity contribution in [3.63, 3.8) is 0 Å². The molecule has 0 saturated carbocycles. The molecule has 1 fully saturated rings. The Labute approximate surface area is 96.4 Å². The largest absolute Gasteiger partial charge is 0.387 e. The van der Waals surface area contributed by atoms with Crippen LogP contribution in [-0.2, 0) is 4.74 Å². The predicted molar refractivity (Wildman–Crippen MR) is 63.2 cm³/mol. The maximum Gasteiger partial charge on any atom is 0.0914 e. The zero-order valence-corrected chi connectivity index (χ0v) is 9.43. The van der Waals surface area contributed by atoms with Crippen LogP contribution in [-0.4, -0.2) is 30.9 Å². The van der Waals surface area contributed by atoms with E-state index in [-0.39, 0.29) is 0 Å². The van der Waals surface area contributed by atoms with E-state index in [2.05, 4.69) is 5.32 Å². The number of ether oxygens (including phenoxy) is 1. The SMILES string of the molecule is OC(CNCC1CCCO1)c1ccccc1. The highest BCUT2D eigenvalue weighted by Gasteiger charge is 2.15. The summed E-state index contributed by atoms with van der Waals surface area (Å²) in [6.07, 6.45) is 2.20. The molecule has 3 nitrogen and oxygen atoms in total. The number of benzene rings is 1. The van der Waals surface area contributed by atoms with Gasteiger partial charge in [0.15, 0.2) is 0 Å². The van der Waals surface area contributed by atoms with Gasteiger partial charge in [-0.25, -0.2) is 0 Å². The lowest BCUT2D eigenvalue weighted by atomic mass is 10.1. The van der Waals surface area contributed by atoms with Gasteiger partial charge < -0.3 is 15.2 Å². The van der Waals surface area contributed by atoms with Gasteiger partial charge in [0, 0.05) is 19.7 Å². The predicted octanol–water partition coefficient (Wildman–Crippen LogP) is 1.49. The average molecular weight is 221 g/mol. The standard InChI is InChI=1S/C13H19NO2/c15-13(11-5-2-1-3-6-11)10-14-9-12-7-4-8-16-12/h1-3,5-6,12-15H,4,7-10H2. The van der Waals surface area contributed by atoms with Gasteiger partial charge in [0.1, 0.15) is 0 Å². The molecule has 2 unspecified atom stereocenters. The van der Waals surface area contributed by atoms with Crippen LogP contribution >= 0.6 is 0 Å². The molecule has 1 aromatic carbocycles. The van der Waals surface area contributed by atoms with Gasteiger partial charge in [-0.15, -0.1) is 0 Å². The van der Waals surface area contributed by atoms with Crippen molar-refractivity contribution < 1.29 is 9.84 Å². The van der Waals surface area contributed by atoms with Crippen LogP contribution in [0.25, 0.3) is 0 Å². The zero-order chi connectivity index (χ0) is 11.2. The molecule has 88 valence electrons. The Balaban J connectivity index is 1.69. The van der Waals surface area contributed by atoms with Crippen LogP contribution in [0.3, 0.4) is 0 Å². The summed E-state index contributed by atoms with van der Waals surface area (Å²) < 4.78 is 5.50. The second-order valence-corrected chi connectivity index (χ2v) is 4.22. The normalized spacial score (nSPS) is 22.2. The molecule has 2 N–H and O–H groups in total. The van der Waals surface area contributed by atoms with Gasteiger partial charge in [0.05, 0.1) is 12.2 Å². The van der Waals surface area contributed by atoms with Gasteiger partial charge in [-0.05, 0) is 18.4 Å². The summed E-state index contributed by atoms with van der Waals surface area (Å²) in [5.41, 5.74) is 0.961. The fraction of sp³-hybridized carbons (Fsp3) is 0.538. The third kappa shape index (κ3) is 3.30. The third-order valence-corrected chi connectivity index (χ3v) is 2.92. The Morgan fingerprint density at radius 3 is 2.88 bits per heavy atom. The van der Waals surface area contributed by atoms with E-state index in [0.29, 0.717) is 12.6 Å². The second-order valence-electron chi connectivity index (χ2n) is 4.22. The molecular formula is C13H19NO2. The van der Waals surface area contributed by atoms with E-state index in [1.165, 1.54) is 0 Å². The first-order chi connectivity index (χ1) is 7.86. The molecule has 0 aromatic heterocycles. The Kier molecular flexibility index (Phi) is 4.34. The van der Waals surface area contributed by atoms with E-state index in [4.69, 9.17) is 4.74 Å². The summed E-state index contributed by atoms with van der Waals surface area (Å²) in [5.74, 6) is 0. The lowest BCUT2D eigenvalue weighted by Gasteiger charge is -2.14. The molecule has 0 spiro atoms. The molecule has 0 bridgehead atoms. The minimum Gasteiger partial charge on any atom is -0.387 e. The van der Waals surface area contributed by atoms with Crippen molar-refractivity contribution in [2.24, 2.45) is 0 Å². The average Bonchev–Trinajstić information content (AvgIpc) is 2.83. The first kappa shape index (κ1) is 11.6. The summed E-state index contributed by atoms with van der Waals surface area (Å²) >= 11 is 0. The smallest absolute Gasteiger partial charge is 0.0914 e. The summed E-state index contributed by atoms with van der Waals surface area (Å²) in [4.78, 5) is 0. The molecular weight excluding hydrogens is 202 g/mol. The summed E-state index contributed by atoms with van der Waals surface area (Å²) in [6, 6.07) is 9.73.